The van der Waals surface area contributed by atoms with Crippen LogP contribution in [0.3, 0.4) is 0 Å². The highest BCUT2D eigenvalue weighted by Crippen LogP contribution is 2.24. The maximum Gasteiger partial charge on any atom is 0.417 e. The van der Waals surface area contributed by atoms with Gasteiger partial charge in [0.1, 0.15) is 0 Å². The van der Waals surface area contributed by atoms with E-state index in [9.17, 15) is 14.4 Å². The lowest BCUT2D eigenvalue weighted by Crippen LogP contribution is -2.64. The van der Waals surface area contributed by atoms with Gasteiger partial charge in [-0.05, 0) is 11.1 Å². The summed E-state index contributed by atoms with van der Waals surface area (Å²) in [4.78, 5) is 38.7. The van der Waals surface area contributed by atoms with E-state index in [4.69, 9.17) is 4.74 Å². The van der Waals surface area contributed by atoms with Crippen LogP contribution < -0.4 is 5.32 Å². The Kier molecular flexibility index (Phi) is 4.50. The Bertz CT molecular complexity index is 795. The fraction of sp³-hybridized carbons (Fsp3) is 0.250. The first-order chi connectivity index (χ1) is 13.1. The van der Waals surface area contributed by atoms with Crippen molar-refractivity contribution < 1.29 is 19.1 Å². The highest BCUT2D eigenvalue weighted by Gasteiger charge is 2.44. The van der Waals surface area contributed by atoms with E-state index >= 15 is 0 Å². The third kappa shape index (κ3) is 3.36. The highest BCUT2D eigenvalue weighted by atomic mass is 16.6. The molecule has 4 rings (SSSR count). The lowest BCUT2D eigenvalue weighted by molar-refractivity contribution is -0.129. The van der Waals surface area contributed by atoms with Crippen LogP contribution in [0.5, 0.6) is 0 Å². The number of benzene rings is 2. The molecule has 0 unspecified atom stereocenters. The smallest absolute Gasteiger partial charge is 0.417 e. The van der Waals surface area contributed by atoms with Crippen LogP contribution >= 0.6 is 0 Å². The van der Waals surface area contributed by atoms with E-state index in [-0.39, 0.29) is 30.6 Å². The molecule has 27 heavy (non-hydrogen) atoms. The average molecular weight is 365 g/mol. The molecule has 7 nitrogen and oxygen atoms in total. The van der Waals surface area contributed by atoms with Crippen LogP contribution in [-0.2, 0) is 9.53 Å². The number of imide groups is 1. The monoisotopic (exact) mass is 365 g/mol. The molecule has 0 aliphatic carbocycles. The summed E-state index contributed by atoms with van der Waals surface area (Å²) < 4.78 is 4.73. The minimum Gasteiger partial charge on any atom is -0.439 e. The van der Waals surface area contributed by atoms with Crippen molar-refractivity contribution >= 4 is 18.0 Å². The van der Waals surface area contributed by atoms with Gasteiger partial charge < -0.3 is 15.0 Å². The van der Waals surface area contributed by atoms with Gasteiger partial charge in [0.15, 0.2) is 6.61 Å². The second-order valence-electron chi connectivity index (χ2n) is 6.58. The van der Waals surface area contributed by atoms with Gasteiger partial charge in [-0.15, -0.1) is 0 Å². The Morgan fingerprint density at radius 2 is 1.52 bits per heavy atom. The number of ether oxygens (including phenoxy) is 1. The standard InChI is InChI=1S/C20H19N3O4/c24-17-13-27-20(26)23(17)16-11-22(12-16)19(25)21-18(14-7-3-1-4-8-14)15-9-5-2-6-10-15/h1-10,16,18H,11-13H2,(H,21,25). The molecule has 0 radical (unpaired) electrons. The minimum absolute atomic E-state index is 0.217. The number of nitrogens with zero attached hydrogens (tertiary/aromatic N) is 2. The lowest BCUT2D eigenvalue weighted by Gasteiger charge is -2.42. The number of nitrogens with one attached hydrogen (secondary N) is 1. The van der Waals surface area contributed by atoms with E-state index in [1.165, 1.54) is 0 Å². The second-order valence-corrected chi connectivity index (χ2v) is 6.58. The maximum atomic E-state index is 12.7. The molecule has 4 amide bonds. The van der Waals surface area contributed by atoms with Crippen LogP contribution in [-0.4, -0.2) is 53.6 Å². The topological polar surface area (TPSA) is 79.0 Å². The summed E-state index contributed by atoms with van der Waals surface area (Å²) in [5, 5.41) is 3.05. The zero-order valence-electron chi connectivity index (χ0n) is 14.6. The Morgan fingerprint density at radius 1 is 0.963 bits per heavy atom. The predicted molar refractivity (Wildman–Crippen MR) is 96.8 cm³/mol. The quantitative estimate of drug-likeness (QED) is 0.900. The lowest BCUT2D eigenvalue weighted by atomic mass is 9.99. The number of rotatable bonds is 4. The number of likely N-dealkylation sites (tertiary alicyclic amines) is 1. The maximum absolute atomic E-state index is 12.7. The number of amides is 4. The van der Waals surface area contributed by atoms with Crippen molar-refractivity contribution in [3.05, 3.63) is 71.8 Å². The fourth-order valence-electron chi connectivity index (χ4n) is 3.37. The van der Waals surface area contributed by atoms with Crippen molar-refractivity contribution in [2.75, 3.05) is 19.7 Å². The van der Waals surface area contributed by atoms with E-state index in [1.54, 1.807) is 4.90 Å². The van der Waals surface area contributed by atoms with E-state index in [0.717, 1.165) is 16.0 Å². The first-order valence-corrected chi connectivity index (χ1v) is 8.77. The van der Waals surface area contributed by atoms with Crippen LogP contribution in [0.4, 0.5) is 9.59 Å². The highest BCUT2D eigenvalue weighted by molar-refractivity contribution is 5.98. The molecule has 2 aromatic carbocycles. The van der Waals surface area contributed by atoms with Crippen LogP contribution in [0.2, 0.25) is 0 Å². The van der Waals surface area contributed by atoms with Gasteiger partial charge in [0.2, 0.25) is 0 Å². The van der Waals surface area contributed by atoms with Gasteiger partial charge >= 0.3 is 12.1 Å². The molecule has 0 atom stereocenters. The first-order valence-electron chi connectivity index (χ1n) is 8.77. The molecule has 138 valence electrons. The number of hydrogen-bond donors (Lipinski definition) is 1. The van der Waals surface area contributed by atoms with Gasteiger partial charge in [0, 0.05) is 13.1 Å². The van der Waals surface area contributed by atoms with E-state index in [0.29, 0.717) is 13.1 Å². The molecule has 0 bridgehead atoms. The second kappa shape index (κ2) is 7.11. The molecular formula is C20H19N3O4. The Morgan fingerprint density at radius 3 is 2.00 bits per heavy atom. The van der Waals surface area contributed by atoms with Gasteiger partial charge in [-0.2, -0.15) is 0 Å². The van der Waals surface area contributed by atoms with Crippen molar-refractivity contribution in [3.8, 4) is 0 Å². The zero-order valence-corrected chi connectivity index (χ0v) is 14.6. The molecule has 7 heteroatoms. The van der Waals surface area contributed by atoms with Crippen molar-refractivity contribution in [2.45, 2.75) is 12.1 Å². The normalized spacial score (nSPS) is 17.1. The molecule has 1 N–H and O–H groups in total. The summed E-state index contributed by atoms with van der Waals surface area (Å²) in [5.74, 6) is -0.350. The first kappa shape index (κ1) is 17.1. The van der Waals surface area contributed by atoms with E-state index < -0.39 is 6.09 Å². The Labute approximate surface area is 156 Å². The average Bonchev–Trinajstić information content (AvgIpc) is 2.99. The number of carbonyl (C=O) groups excluding carboxylic acids is 3. The van der Waals surface area contributed by atoms with Gasteiger partial charge in [0.25, 0.3) is 5.91 Å². The molecule has 2 fully saturated rings. The van der Waals surface area contributed by atoms with Crippen molar-refractivity contribution in [2.24, 2.45) is 0 Å². The fourth-order valence-corrected chi connectivity index (χ4v) is 3.37. The molecule has 0 spiro atoms. The molecular weight excluding hydrogens is 346 g/mol. The number of urea groups is 1. The Hall–Kier alpha value is -3.35. The third-order valence-electron chi connectivity index (χ3n) is 4.83. The molecule has 0 aromatic heterocycles. The molecule has 2 aliphatic heterocycles. The summed E-state index contributed by atoms with van der Waals surface area (Å²) in [5.41, 5.74) is 1.96. The predicted octanol–water partition coefficient (Wildman–Crippen LogP) is 2.15. The number of hydrogen-bond acceptors (Lipinski definition) is 4. The summed E-state index contributed by atoms with van der Waals surface area (Å²) in [6, 6.07) is 18.6. The van der Waals surface area contributed by atoms with Gasteiger partial charge in [-0.25, -0.2) is 14.5 Å². The number of carbonyl (C=O) groups is 3. The Balaban J connectivity index is 1.44. The molecule has 2 heterocycles. The summed E-state index contributed by atoms with van der Waals surface area (Å²) in [6.07, 6.45) is -0.628. The van der Waals surface area contributed by atoms with E-state index in [1.807, 2.05) is 60.7 Å². The largest absolute Gasteiger partial charge is 0.439 e. The summed E-state index contributed by atoms with van der Waals surface area (Å²) in [6.45, 7) is 0.400. The molecule has 2 aliphatic rings. The van der Waals surface area contributed by atoms with Crippen LogP contribution in [0.15, 0.2) is 60.7 Å². The van der Waals surface area contributed by atoms with Gasteiger partial charge in [0.05, 0.1) is 12.1 Å². The van der Waals surface area contributed by atoms with Gasteiger partial charge in [-0.3, -0.25) is 4.79 Å². The van der Waals surface area contributed by atoms with Gasteiger partial charge in [-0.1, -0.05) is 60.7 Å². The van der Waals surface area contributed by atoms with Crippen LogP contribution in [0, 0.1) is 0 Å². The summed E-state index contributed by atoms with van der Waals surface area (Å²) >= 11 is 0. The molecule has 2 aromatic rings. The zero-order chi connectivity index (χ0) is 18.8. The third-order valence-corrected chi connectivity index (χ3v) is 4.83. The summed E-state index contributed by atoms with van der Waals surface area (Å²) in [7, 11) is 0. The van der Waals surface area contributed by atoms with Crippen molar-refractivity contribution in [1.82, 2.24) is 15.1 Å². The van der Waals surface area contributed by atoms with Crippen LogP contribution in [0.25, 0.3) is 0 Å². The SMILES string of the molecule is O=C(NC(c1ccccc1)c1ccccc1)N1CC(N2C(=O)COC2=O)C1. The molecule has 2 saturated heterocycles. The minimum atomic E-state index is -0.628. The number of cyclic esters (lactones) is 1. The van der Waals surface area contributed by atoms with Crippen molar-refractivity contribution in [1.29, 1.82) is 0 Å². The van der Waals surface area contributed by atoms with E-state index in [2.05, 4.69) is 5.32 Å². The molecule has 0 saturated carbocycles. The van der Waals surface area contributed by atoms with Crippen LogP contribution in [0.1, 0.15) is 17.2 Å². The van der Waals surface area contributed by atoms with Crippen molar-refractivity contribution in [3.63, 3.8) is 0 Å².